The lowest BCUT2D eigenvalue weighted by molar-refractivity contribution is 0.276. The summed E-state index contributed by atoms with van der Waals surface area (Å²) >= 11 is 2.37. The Morgan fingerprint density at radius 2 is 2.33 bits per heavy atom. The molecule has 0 radical (unpaired) electrons. The van der Waals surface area contributed by atoms with Crippen LogP contribution in [0.3, 0.4) is 0 Å². The molecule has 0 spiro atoms. The number of hydrogen-bond donors (Lipinski definition) is 1. The molecule has 2 rings (SSSR count). The number of rotatable bonds is 2. The van der Waals surface area contributed by atoms with Crippen LogP contribution in [0.15, 0.2) is 17.7 Å². The smallest absolute Gasteiger partial charge is 0.252 e. The van der Waals surface area contributed by atoms with Crippen molar-refractivity contribution in [2.75, 3.05) is 5.75 Å². The van der Waals surface area contributed by atoms with Gasteiger partial charge in [0.1, 0.15) is 16.9 Å². The number of aromatic amines is 1. The molecule has 0 unspecified atom stereocenters. The van der Waals surface area contributed by atoms with Gasteiger partial charge in [0, 0.05) is 0 Å². The standard InChI is InChI=1S/C8H8N4OS2/c1-2-14-8(13)15-7-5-6(10-3-9-5)11-4-12-7/h3-4H,2H2,1H3,(H,9,10,11,12). The zero-order chi connectivity index (χ0) is 10.7. The van der Waals surface area contributed by atoms with Crippen molar-refractivity contribution in [2.45, 2.75) is 11.9 Å². The minimum Gasteiger partial charge on any atom is -0.341 e. The first-order chi connectivity index (χ1) is 7.31. The SMILES string of the molecule is CCSC(=O)Sc1ncnc2nc[nH]c12. The van der Waals surface area contributed by atoms with Crippen LogP contribution >= 0.6 is 23.5 Å². The molecule has 0 aliphatic heterocycles. The average Bonchev–Trinajstić information content (AvgIpc) is 2.67. The fourth-order valence-corrected chi connectivity index (χ4v) is 2.62. The topological polar surface area (TPSA) is 71.5 Å². The number of carbonyl (C=O) groups is 1. The number of fused-ring (bicyclic) bond motifs is 1. The van der Waals surface area contributed by atoms with Gasteiger partial charge < -0.3 is 4.98 Å². The molecule has 2 heterocycles. The van der Waals surface area contributed by atoms with Crippen molar-refractivity contribution in [1.29, 1.82) is 0 Å². The summed E-state index contributed by atoms with van der Waals surface area (Å²) in [7, 11) is 0. The number of hydrogen-bond acceptors (Lipinski definition) is 6. The predicted octanol–water partition coefficient (Wildman–Crippen LogP) is 2.32. The molecule has 0 aliphatic carbocycles. The van der Waals surface area contributed by atoms with Crippen molar-refractivity contribution >= 4 is 39.1 Å². The summed E-state index contributed by atoms with van der Waals surface area (Å²) < 4.78 is 0.0344. The summed E-state index contributed by atoms with van der Waals surface area (Å²) in [4.78, 5) is 26.3. The van der Waals surface area contributed by atoms with Crippen molar-refractivity contribution < 1.29 is 4.79 Å². The number of thioether (sulfide) groups is 2. The Kier molecular flexibility index (Phi) is 3.22. The molecule has 2 aromatic rings. The van der Waals surface area contributed by atoms with Gasteiger partial charge in [0.15, 0.2) is 5.65 Å². The van der Waals surface area contributed by atoms with E-state index in [1.54, 1.807) is 6.33 Å². The first-order valence-electron chi connectivity index (χ1n) is 4.30. The van der Waals surface area contributed by atoms with E-state index in [-0.39, 0.29) is 4.45 Å². The van der Waals surface area contributed by atoms with E-state index in [9.17, 15) is 4.79 Å². The second-order valence-corrected chi connectivity index (χ2v) is 5.02. The normalized spacial score (nSPS) is 10.7. The zero-order valence-corrected chi connectivity index (χ0v) is 9.56. The molecule has 0 aliphatic rings. The first kappa shape index (κ1) is 10.4. The lowest BCUT2D eigenvalue weighted by Gasteiger charge is -1.98. The van der Waals surface area contributed by atoms with E-state index in [1.165, 1.54) is 18.1 Å². The largest absolute Gasteiger partial charge is 0.341 e. The summed E-state index contributed by atoms with van der Waals surface area (Å²) in [5, 5.41) is 0.628. The van der Waals surface area contributed by atoms with Crippen LogP contribution in [0, 0.1) is 0 Å². The van der Waals surface area contributed by atoms with Crippen molar-refractivity contribution in [1.82, 2.24) is 19.9 Å². The van der Waals surface area contributed by atoms with Gasteiger partial charge >= 0.3 is 0 Å². The van der Waals surface area contributed by atoms with Crippen molar-refractivity contribution in [3.63, 3.8) is 0 Å². The van der Waals surface area contributed by atoms with E-state index in [0.717, 1.165) is 17.5 Å². The van der Waals surface area contributed by atoms with Crippen molar-refractivity contribution in [3.05, 3.63) is 12.7 Å². The fourth-order valence-electron chi connectivity index (χ4n) is 1.05. The number of imidazole rings is 1. The van der Waals surface area contributed by atoms with E-state index in [4.69, 9.17) is 0 Å². The lowest BCUT2D eigenvalue weighted by Crippen LogP contribution is -1.89. The molecule has 1 N–H and O–H groups in total. The molecule has 0 saturated carbocycles. The Hall–Kier alpha value is -1.08. The second-order valence-electron chi connectivity index (χ2n) is 2.57. The van der Waals surface area contributed by atoms with E-state index in [2.05, 4.69) is 19.9 Å². The van der Waals surface area contributed by atoms with Crippen LogP contribution in [-0.2, 0) is 0 Å². The van der Waals surface area contributed by atoms with E-state index in [1.807, 2.05) is 6.92 Å². The molecular formula is C8H8N4OS2. The highest BCUT2D eigenvalue weighted by molar-refractivity contribution is 8.38. The monoisotopic (exact) mass is 240 g/mol. The van der Waals surface area contributed by atoms with Crippen LogP contribution in [0.2, 0.25) is 0 Å². The Morgan fingerprint density at radius 1 is 1.47 bits per heavy atom. The molecule has 78 valence electrons. The predicted molar refractivity (Wildman–Crippen MR) is 61.1 cm³/mol. The first-order valence-corrected chi connectivity index (χ1v) is 6.10. The van der Waals surface area contributed by atoms with Gasteiger partial charge in [0.2, 0.25) is 0 Å². The Morgan fingerprint density at radius 3 is 3.13 bits per heavy atom. The minimum atomic E-state index is 0.0344. The summed E-state index contributed by atoms with van der Waals surface area (Å²) in [6.07, 6.45) is 2.95. The molecule has 5 nitrogen and oxygen atoms in total. The quantitative estimate of drug-likeness (QED) is 0.641. The molecule has 2 aromatic heterocycles. The van der Waals surface area contributed by atoms with Crippen LogP contribution in [-0.4, -0.2) is 30.1 Å². The fraction of sp³-hybridized carbons (Fsp3) is 0.250. The number of H-pyrrole nitrogens is 1. The second kappa shape index (κ2) is 4.63. The third-order valence-corrected chi connectivity index (χ3v) is 3.43. The van der Waals surface area contributed by atoms with Gasteiger partial charge in [-0.2, -0.15) is 0 Å². The van der Waals surface area contributed by atoms with Crippen molar-refractivity contribution in [2.24, 2.45) is 0 Å². The molecule has 15 heavy (non-hydrogen) atoms. The number of nitrogens with one attached hydrogen (secondary N) is 1. The van der Waals surface area contributed by atoms with Gasteiger partial charge in [-0.05, 0) is 17.5 Å². The third-order valence-electron chi connectivity index (χ3n) is 1.63. The van der Waals surface area contributed by atoms with Crippen molar-refractivity contribution in [3.8, 4) is 0 Å². The molecule has 0 bridgehead atoms. The molecule has 0 aromatic carbocycles. The maximum absolute atomic E-state index is 11.4. The van der Waals surface area contributed by atoms with E-state index in [0.29, 0.717) is 16.2 Å². The molecule has 7 heteroatoms. The van der Waals surface area contributed by atoms with Gasteiger partial charge in [0.25, 0.3) is 4.45 Å². The van der Waals surface area contributed by atoms with Gasteiger partial charge in [-0.15, -0.1) is 0 Å². The molecule has 0 fully saturated rings. The van der Waals surface area contributed by atoms with Crippen LogP contribution in [0.4, 0.5) is 4.79 Å². The Balaban J connectivity index is 2.27. The Bertz CT molecular complexity index is 484. The van der Waals surface area contributed by atoms with Crippen LogP contribution in [0.1, 0.15) is 6.92 Å². The molecule has 0 atom stereocenters. The maximum Gasteiger partial charge on any atom is 0.252 e. The molecule has 0 saturated heterocycles. The molecule has 0 amide bonds. The average molecular weight is 240 g/mol. The maximum atomic E-state index is 11.4. The summed E-state index contributed by atoms with van der Waals surface area (Å²) in [5.41, 5.74) is 1.30. The zero-order valence-electron chi connectivity index (χ0n) is 7.93. The van der Waals surface area contributed by atoms with E-state index >= 15 is 0 Å². The number of nitrogens with zero attached hydrogens (tertiary/aromatic N) is 3. The summed E-state index contributed by atoms with van der Waals surface area (Å²) in [6, 6.07) is 0. The highest BCUT2D eigenvalue weighted by atomic mass is 32.2. The van der Waals surface area contributed by atoms with Crippen LogP contribution in [0.5, 0.6) is 0 Å². The van der Waals surface area contributed by atoms with E-state index < -0.39 is 0 Å². The van der Waals surface area contributed by atoms with Crippen LogP contribution < -0.4 is 0 Å². The lowest BCUT2D eigenvalue weighted by atomic mass is 10.6. The minimum absolute atomic E-state index is 0.0344. The van der Waals surface area contributed by atoms with Crippen LogP contribution in [0.25, 0.3) is 11.2 Å². The summed E-state index contributed by atoms with van der Waals surface area (Å²) in [6.45, 7) is 1.94. The summed E-state index contributed by atoms with van der Waals surface area (Å²) in [5.74, 6) is 0.767. The number of carbonyl (C=O) groups excluding carboxylic acids is 1. The van der Waals surface area contributed by atoms with Gasteiger partial charge in [-0.1, -0.05) is 18.7 Å². The number of aromatic nitrogens is 4. The third kappa shape index (κ3) is 2.29. The Labute approximate surface area is 94.5 Å². The van der Waals surface area contributed by atoms with Gasteiger partial charge in [-0.3, -0.25) is 4.79 Å². The highest BCUT2D eigenvalue weighted by Gasteiger charge is 2.11. The molecular weight excluding hydrogens is 232 g/mol. The highest BCUT2D eigenvalue weighted by Crippen LogP contribution is 2.27. The van der Waals surface area contributed by atoms with Gasteiger partial charge in [-0.25, -0.2) is 15.0 Å². The van der Waals surface area contributed by atoms with Gasteiger partial charge in [0.05, 0.1) is 6.33 Å².